The molecular formula is C19H36N2O4. The Kier molecular flexibility index (Phi) is 7.52. The summed E-state index contributed by atoms with van der Waals surface area (Å²) >= 11 is 0. The summed E-state index contributed by atoms with van der Waals surface area (Å²) in [6.07, 6.45) is 2.96. The van der Waals surface area contributed by atoms with Gasteiger partial charge < -0.3 is 19.5 Å². The largest absolute Gasteiger partial charge is 0.450 e. The fourth-order valence-electron chi connectivity index (χ4n) is 4.31. The topological polar surface area (TPSA) is 62.2 Å². The molecule has 0 radical (unpaired) electrons. The summed E-state index contributed by atoms with van der Waals surface area (Å²) in [7, 11) is 0. The maximum atomic E-state index is 11.7. The van der Waals surface area contributed by atoms with Crippen LogP contribution in [0.4, 0.5) is 4.79 Å². The number of ether oxygens (including phenoxy) is 2. The van der Waals surface area contributed by atoms with Crippen molar-refractivity contribution in [3.05, 3.63) is 0 Å². The summed E-state index contributed by atoms with van der Waals surface area (Å²) in [6, 6.07) is 0. The molecule has 0 aromatic carbocycles. The average Bonchev–Trinajstić information content (AvgIpc) is 2.52. The zero-order valence-corrected chi connectivity index (χ0v) is 16.4. The van der Waals surface area contributed by atoms with E-state index >= 15 is 0 Å². The van der Waals surface area contributed by atoms with Crippen LogP contribution in [-0.4, -0.2) is 79.1 Å². The van der Waals surface area contributed by atoms with Crippen LogP contribution in [0, 0.1) is 11.3 Å². The van der Waals surface area contributed by atoms with Gasteiger partial charge in [0, 0.05) is 32.7 Å². The number of aliphatic hydroxyl groups excluding tert-OH is 1. The van der Waals surface area contributed by atoms with Crippen LogP contribution >= 0.6 is 0 Å². The third-order valence-electron chi connectivity index (χ3n) is 5.24. The summed E-state index contributed by atoms with van der Waals surface area (Å²) in [5.74, 6) is 0.682. The van der Waals surface area contributed by atoms with Gasteiger partial charge in [0.2, 0.25) is 0 Å². The molecule has 2 aliphatic rings. The highest BCUT2D eigenvalue weighted by Crippen LogP contribution is 2.39. The first-order valence-corrected chi connectivity index (χ1v) is 9.73. The quantitative estimate of drug-likeness (QED) is 0.791. The first-order chi connectivity index (χ1) is 11.8. The fourth-order valence-corrected chi connectivity index (χ4v) is 4.31. The minimum absolute atomic E-state index is 0.236. The minimum atomic E-state index is -0.477. The molecule has 3 atom stereocenters. The first-order valence-electron chi connectivity index (χ1n) is 9.73. The van der Waals surface area contributed by atoms with Gasteiger partial charge in [0.1, 0.15) is 0 Å². The molecule has 1 saturated heterocycles. The maximum Gasteiger partial charge on any atom is 0.409 e. The number of aliphatic hydroxyl groups is 1. The second-order valence-corrected chi connectivity index (χ2v) is 8.51. The lowest BCUT2D eigenvalue weighted by atomic mass is 9.71. The van der Waals surface area contributed by atoms with E-state index in [1.54, 1.807) is 4.90 Å². The third-order valence-corrected chi connectivity index (χ3v) is 5.24. The molecule has 0 aromatic heterocycles. The van der Waals surface area contributed by atoms with Crippen molar-refractivity contribution in [1.82, 2.24) is 9.80 Å². The monoisotopic (exact) mass is 356 g/mol. The van der Waals surface area contributed by atoms with Gasteiger partial charge in [-0.1, -0.05) is 20.8 Å². The summed E-state index contributed by atoms with van der Waals surface area (Å²) < 4.78 is 11.1. The maximum absolute atomic E-state index is 11.7. The molecule has 1 aliphatic carbocycles. The predicted molar refractivity (Wildman–Crippen MR) is 97.6 cm³/mol. The molecule has 0 bridgehead atoms. The summed E-state index contributed by atoms with van der Waals surface area (Å²) in [4.78, 5) is 15.6. The van der Waals surface area contributed by atoms with Crippen molar-refractivity contribution in [2.75, 3.05) is 45.9 Å². The second kappa shape index (κ2) is 9.19. The van der Waals surface area contributed by atoms with Crippen molar-refractivity contribution in [2.45, 2.75) is 59.2 Å². The number of β-amino-alcohol motifs (C(OH)–C–C–N with tert-alkyl or cyclic N) is 1. The van der Waals surface area contributed by atoms with E-state index in [1.165, 1.54) is 6.42 Å². The molecule has 6 heteroatoms. The van der Waals surface area contributed by atoms with Crippen molar-refractivity contribution in [3.8, 4) is 0 Å². The van der Waals surface area contributed by atoms with E-state index in [0.717, 1.165) is 25.9 Å². The van der Waals surface area contributed by atoms with Gasteiger partial charge >= 0.3 is 6.09 Å². The second-order valence-electron chi connectivity index (χ2n) is 8.51. The van der Waals surface area contributed by atoms with Gasteiger partial charge in [-0.15, -0.1) is 0 Å². The van der Waals surface area contributed by atoms with Crippen molar-refractivity contribution in [2.24, 2.45) is 11.3 Å². The van der Waals surface area contributed by atoms with Crippen LogP contribution in [0.3, 0.4) is 0 Å². The number of carbonyl (C=O) groups is 1. The fraction of sp³-hybridized carbons (Fsp3) is 0.947. The lowest BCUT2D eigenvalue weighted by Gasteiger charge is -2.39. The molecular weight excluding hydrogens is 320 g/mol. The Morgan fingerprint density at radius 1 is 1.24 bits per heavy atom. The van der Waals surface area contributed by atoms with E-state index < -0.39 is 6.10 Å². The third kappa shape index (κ3) is 6.76. The van der Waals surface area contributed by atoms with Crippen molar-refractivity contribution >= 4 is 6.09 Å². The molecule has 146 valence electrons. The molecule has 2 fully saturated rings. The van der Waals surface area contributed by atoms with E-state index in [0.29, 0.717) is 44.2 Å². The van der Waals surface area contributed by atoms with E-state index in [2.05, 4.69) is 25.7 Å². The first kappa shape index (κ1) is 20.5. The Balaban J connectivity index is 1.66. The van der Waals surface area contributed by atoms with Crippen molar-refractivity contribution in [3.63, 3.8) is 0 Å². The molecule has 0 aromatic rings. The standard InChI is InChI=1S/C19H36N2O4/c1-5-24-18(23)21-8-6-20(7-9-21)13-16(22)14-25-17-10-15(2)11-19(3,4)12-17/h15-17,22H,5-14H2,1-4H3/t15-,16+,17+/m0/s1. The van der Waals surface area contributed by atoms with Crippen LogP contribution < -0.4 is 0 Å². The molecule has 1 heterocycles. The molecule has 2 rings (SSSR count). The minimum Gasteiger partial charge on any atom is -0.450 e. The summed E-state index contributed by atoms with van der Waals surface area (Å²) in [5.41, 5.74) is 0.330. The van der Waals surface area contributed by atoms with Gasteiger partial charge in [-0.05, 0) is 37.5 Å². The molecule has 1 saturated carbocycles. The number of carbonyl (C=O) groups excluding carboxylic acids is 1. The highest BCUT2D eigenvalue weighted by molar-refractivity contribution is 5.67. The molecule has 1 N–H and O–H groups in total. The van der Waals surface area contributed by atoms with Gasteiger partial charge in [-0.25, -0.2) is 4.79 Å². The lowest BCUT2D eigenvalue weighted by Crippen LogP contribution is -2.51. The Hall–Kier alpha value is -0.850. The lowest BCUT2D eigenvalue weighted by molar-refractivity contribution is -0.0631. The Bertz CT molecular complexity index is 422. The Morgan fingerprint density at radius 2 is 1.92 bits per heavy atom. The van der Waals surface area contributed by atoms with E-state index in [9.17, 15) is 9.90 Å². The molecule has 0 unspecified atom stereocenters. The number of nitrogens with zero attached hydrogens (tertiary/aromatic N) is 2. The highest BCUT2D eigenvalue weighted by Gasteiger charge is 2.33. The van der Waals surface area contributed by atoms with Gasteiger partial charge in [0.15, 0.2) is 0 Å². The van der Waals surface area contributed by atoms with E-state index in [1.807, 2.05) is 6.92 Å². The zero-order valence-electron chi connectivity index (χ0n) is 16.4. The van der Waals surface area contributed by atoms with Gasteiger partial charge in [0.05, 0.1) is 25.4 Å². The number of hydrogen-bond donors (Lipinski definition) is 1. The normalized spacial score (nSPS) is 28.6. The Labute approximate surface area is 152 Å². The van der Waals surface area contributed by atoms with Crippen LogP contribution in [0.25, 0.3) is 0 Å². The Morgan fingerprint density at radius 3 is 2.52 bits per heavy atom. The molecule has 0 spiro atoms. The van der Waals surface area contributed by atoms with Crippen molar-refractivity contribution in [1.29, 1.82) is 0 Å². The average molecular weight is 357 g/mol. The number of piperazine rings is 1. The highest BCUT2D eigenvalue weighted by atomic mass is 16.6. The number of hydrogen-bond acceptors (Lipinski definition) is 5. The van der Waals surface area contributed by atoms with E-state index in [4.69, 9.17) is 9.47 Å². The van der Waals surface area contributed by atoms with Gasteiger partial charge in [-0.3, -0.25) is 4.90 Å². The molecule has 25 heavy (non-hydrogen) atoms. The van der Waals surface area contributed by atoms with Crippen molar-refractivity contribution < 1.29 is 19.4 Å². The van der Waals surface area contributed by atoms with Gasteiger partial charge in [-0.2, -0.15) is 0 Å². The SMILES string of the molecule is CCOC(=O)N1CCN(C[C@@H](O)CO[C@@H]2C[C@H](C)CC(C)(C)C2)CC1. The van der Waals surface area contributed by atoms with Gasteiger partial charge in [0.25, 0.3) is 0 Å². The van der Waals surface area contributed by atoms with E-state index in [-0.39, 0.29) is 12.2 Å². The summed E-state index contributed by atoms with van der Waals surface area (Å²) in [5, 5.41) is 10.3. The summed E-state index contributed by atoms with van der Waals surface area (Å²) in [6.45, 7) is 13.0. The number of rotatable bonds is 6. The molecule has 1 amide bonds. The van der Waals surface area contributed by atoms with Crippen LogP contribution in [0.1, 0.15) is 47.0 Å². The predicted octanol–water partition coefficient (Wildman–Crippen LogP) is 2.35. The van der Waals surface area contributed by atoms with Crippen LogP contribution in [-0.2, 0) is 9.47 Å². The zero-order chi connectivity index (χ0) is 18.4. The molecule has 6 nitrogen and oxygen atoms in total. The molecule has 1 aliphatic heterocycles. The number of amides is 1. The smallest absolute Gasteiger partial charge is 0.409 e. The van der Waals surface area contributed by atoms with Crippen LogP contribution in [0.2, 0.25) is 0 Å². The van der Waals surface area contributed by atoms with Crippen LogP contribution in [0.5, 0.6) is 0 Å². The van der Waals surface area contributed by atoms with Crippen LogP contribution in [0.15, 0.2) is 0 Å².